The summed E-state index contributed by atoms with van der Waals surface area (Å²) in [5.41, 5.74) is 5.78. The van der Waals surface area contributed by atoms with Gasteiger partial charge in [-0.1, -0.05) is 12.2 Å². The summed E-state index contributed by atoms with van der Waals surface area (Å²) in [5.74, 6) is -0.134. The SMILES string of the molecule is Nc1nc2c(c(CNC3C=CC(O)C3O)cn2[C@@H]2O[C@H](CO)C(O)[C@@H]2O)c(=O)[nH]1. The molecule has 0 saturated carbocycles. The Morgan fingerprint density at radius 1 is 1.21 bits per heavy atom. The van der Waals surface area contributed by atoms with Crippen molar-refractivity contribution in [3.8, 4) is 0 Å². The smallest absolute Gasteiger partial charge is 0.262 e. The minimum atomic E-state index is -1.36. The van der Waals surface area contributed by atoms with E-state index in [4.69, 9.17) is 10.5 Å². The lowest BCUT2D eigenvalue weighted by Crippen LogP contribution is -2.40. The van der Waals surface area contributed by atoms with Crippen LogP contribution in [0.25, 0.3) is 11.0 Å². The van der Waals surface area contributed by atoms with Crippen LogP contribution in [0.1, 0.15) is 11.8 Å². The number of H-pyrrole nitrogens is 1. The Morgan fingerprint density at radius 2 is 1.97 bits per heavy atom. The molecule has 0 bridgehead atoms. The van der Waals surface area contributed by atoms with Crippen LogP contribution >= 0.6 is 0 Å². The highest BCUT2D eigenvalue weighted by atomic mass is 16.6. The molecule has 7 atom stereocenters. The van der Waals surface area contributed by atoms with E-state index in [1.807, 2.05) is 0 Å². The summed E-state index contributed by atoms with van der Waals surface area (Å²) in [7, 11) is 0. The number of nitrogens with zero attached hydrogens (tertiary/aromatic N) is 2. The Balaban J connectivity index is 1.71. The molecular formula is C17H23N5O7. The maximum Gasteiger partial charge on any atom is 0.262 e. The quantitative estimate of drug-likeness (QED) is 0.231. The molecule has 12 nitrogen and oxygen atoms in total. The summed E-state index contributed by atoms with van der Waals surface area (Å²) >= 11 is 0. The van der Waals surface area contributed by atoms with Gasteiger partial charge in [0.25, 0.3) is 5.56 Å². The molecule has 0 spiro atoms. The average Bonchev–Trinajstić information content (AvgIpc) is 3.29. The molecule has 0 amide bonds. The van der Waals surface area contributed by atoms with Crippen LogP contribution in [0.2, 0.25) is 0 Å². The molecule has 158 valence electrons. The molecule has 9 N–H and O–H groups in total. The Hall–Kier alpha value is -2.32. The maximum absolute atomic E-state index is 12.5. The van der Waals surface area contributed by atoms with E-state index >= 15 is 0 Å². The largest absolute Gasteiger partial charge is 0.394 e. The van der Waals surface area contributed by atoms with Gasteiger partial charge >= 0.3 is 0 Å². The third kappa shape index (κ3) is 3.34. The second kappa shape index (κ2) is 7.50. The van der Waals surface area contributed by atoms with Gasteiger partial charge in [-0.15, -0.1) is 0 Å². The van der Waals surface area contributed by atoms with Crippen LogP contribution in [-0.2, 0) is 11.3 Å². The third-order valence-electron chi connectivity index (χ3n) is 5.33. The fourth-order valence-corrected chi connectivity index (χ4v) is 3.78. The molecule has 0 radical (unpaired) electrons. The van der Waals surface area contributed by atoms with E-state index in [-0.39, 0.29) is 23.5 Å². The van der Waals surface area contributed by atoms with E-state index in [0.717, 1.165) is 0 Å². The number of nitrogens with one attached hydrogen (secondary N) is 2. The highest BCUT2D eigenvalue weighted by Gasteiger charge is 2.44. The number of aliphatic hydroxyl groups excluding tert-OH is 5. The minimum Gasteiger partial charge on any atom is -0.394 e. The van der Waals surface area contributed by atoms with Crippen LogP contribution in [0.15, 0.2) is 23.1 Å². The molecule has 29 heavy (non-hydrogen) atoms. The number of rotatable bonds is 5. The second-order valence-electron chi connectivity index (χ2n) is 7.21. The van der Waals surface area contributed by atoms with Crippen molar-refractivity contribution in [1.29, 1.82) is 0 Å². The van der Waals surface area contributed by atoms with E-state index in [1.54, 1.807) is 6.08 Å². The van der Waals surface area contributed by atoms with Gasteiger partial charge in [0.15, 0.2) is 11.9 Å². The van der Waals surface area contributed by atoms with Crippen molar-refractivity contribution in [2.75, 3.05) is 12.3 Å². The molecule has 1 saturated heterocycles. The summed E-state index contributed by atoms with van der Waals surface area (Å²) in [5, 5.41) is 52.5. The maximum atomic E-state index is 12.5. The Bertz CT molecular complexity index is 988. The Labute approximate surface area is 163 Å². The van der Waals surface area contributed by atoms with Crippen molar-refractivity contribution in [3.63, 3.8) is 0 Å². The monoisotopic (exact) mass is 409 g/mol. The van der Waals surface area contributed by atoms with Crippen LogP contribution in [0.3, 0.4) is 0 Å². The third-order valence-corrected chi connectivity index (χ3v) is 5.33. The van der Waals surface area contributed by atoms with Crippen LogP contribution in [0.4, 0.5) is 5.95 Å². The first-order valence-electron chi connectivity index (χ1n) is 9.11. The number of anilines is 1. The zero-order valence-electron chi connectivity index (χ0n) is 15.2. The number of hydrogen-bond acceptors (Lipinski definition) is 10. The van der Waals surface area contributed by atoms with Gasteiger partial charge < -0.3 is 45.9 Å². The zero-order valence-corrected chi connectivity index (χ0v) is 15.2. The fourth-order valence-electron chi connectivity index (χ4n) is 3.78. The highest BCUT2D eigenvalue weighted by molar-refractivity contribution is 5.80. The van der Waals surface area contributed by atoms with Gasteiger partial charge in [-0.25, -0.2) is 0 Å². The predicted octanol–water partition coefficient (Wildman–Crippen LogP) is -3.33. The lowest BCUT2D eigenvalue weighted by Gasteiger charge is -2.18. The van der Waals surface area contributed by atoms with Gasteiger partial charge in [0.2, 0.25) is 5.95 Å². The van der Waals surface area contributed by atoms with Gasteiger partial charge in [0, 0.05) is 12.7 Å². The molecule has 3 heterocycles. The van der Waals surface area contributed by atoms with Crippen molar-refractivity contribution in [2.24, 2.45) is 0 Å². The molecule has 0 aromatic carbocycles. The minimum absolute atomic E-state index is 0.131. The summed E-state index contributed by atoms with van der Waals surface area (Å²) in [6, 6.07) is -0.516. The predicted molar refractivity (Wildman–Crippen MR) is 99.6 cm³/mol. The van der Waals surface area contributed by atoms with Crippen molar-refractivity contribution in [2.45, 2.75) is 49.3 Å². The van der Waals surface area contributed by atoms with Crippen molar-refractivity contribution < 1.29 is 30.3 Å². The number of aliphatic hydroxyl groups is 5. The molecule has 1 aliphatic carbocycles. The molecule has 1 aliphatic heterocycles. The lowest BCUT2D eigenvalue weighted by molar-refractivity contribution is -0.0509. The number of ether oxygens (including phenoxy) is 1. The number of hydrogen-bond donors (Lipinski definition) is 8. The number of aromatic nitrogens is 3. The summed E-state index contributed by atoms with van der Waals surface area (Å²) < 4.78 is 6.93. The van der Waals surface area contributed by atoms with Crippen molar-refractivity contribution in [3.05, 3.63) is 34.3 Å². The van der Waals surface area contributed by atoms with Gasteiger partial charge in [-0.2, -0.15) is 4.98 Å². The average molecular weight is 409 g/mol. The molecule has 4 rings (SSSR count). The van der Waals surface area contributed by atoms with E-state index in [0.29, 0.717) is 5.56 Å². The summed E-state index contributed by atoms with van der Waals surface area (Å²) in [4.78, 5) is 19.1. The van der Waals surface area contributed by atoms with Crippen LogP contribution in [0, 0.1) is 0 Å². The molecule has 2 aromatic heterocycles. The summed E-state index contributed by atoms with van der Waals surface area (Å²) in [6.07, 6.45) is -2.13. The molecule has 1 fully saturated rings. The Kier molecular flexibility index (Phi) is 5.16. The molecule has 2 aliphatic rings. The van der Waals surface area contributed by atoms with E-state index in [9.17, 15) is 30.3 Å². The van der Waals surface area contributed by atoms with Gasteiger partial charge in [-0.3, -0.25) is 9.78 Å². The van der Waals surface area contributed by atoms with Gasteiger partial charge in [-0.05, 0) is 5.56 Å². The van der Waals surface area contributed by atoms with Gasteiger partial charge in [0.1, 0.15) is 24.4 Å². The Morgan fingerprint density at radius 3 is 2.59 bits per heavy atom. The van der Waals surface area contributed by atoms with E-state index in [2.05, 4.69) is 15.3 Å². The first kappa shape index (κ1) is 20.0. The second-order valence-corrected chi connectivity index (χ2v) is 7.21. The first-order valence-corrected chi connectivity index (χ1v) is 9.11. The molecule has 12 heteroatoms. The number of aromatic amines is 1. The number of fused-ring (bicyclic) bond motifs is 1. The van der Waals surface area contributed by atoms with Crippen molar-refractivity contribution in [1.82, 2.24) is 19.9 Å². The fraction of sp³-hybridized carbons (Fsp3) is 0.529. The molecule has 2 aromatic rings. The number of nitrogen functional groups attached to an aromatic ring is 1. The zero-order chi connectivity index (χ0) is 20.9. The number of nitrogens with two attached hydrogens (primary N) is 1. The van der Waals surface area contributed by atoms with Crippen LogP contribution in [0.5, 0.6) is 0 Å². The lowest BCUT2D eigenvalue weighted by atomic mass is 10.1. The van der Waals surface area contributed by atoms with E-state index < -0.39 is 55.0 Å². The standard InChI is InChI=1S/C17H23N5O7/c18-17-20-14-10(15(28)21-17)6(3-19-7-1-2-8(24)11(7)25)4-22(14)16-13(27)12(26)9(5-23)29-16/h1-2,4,7-9,11-13,16,19,23-27H,3,5H2,(H3,18,20,21,28)/t7?,8?,9-,11?,12?,13+,16-/m1/s1. The normalized spacial score (nSPS) is 34.4. The topological polar surface area (TPSA) is 199 Å². The van der Waals surface area contributed by atoms with Crippen LogP contribution < -0.4 is 16.6 Å². The molecule has 4 unspecified atom stereocenters. The van der Waals surface area contributed by atoms with E-state index in [1.165, 1.54) is 16.8 Å². The summed E-state index contributed by atoms with van der Waals surface area (Å²) in [6.45, 7) is -0.363. The molecular weight excluding hydrogens is 386 g/mol. The first-order chi connectivity index (χ1) is 13.8. The van der Waals surface area contributed by atoms with Gasteiger partial charge in [0.05, 0.1) is 24.1 Å². The van der Waals surface area contributed by atoms with Crippen molar-refractivity contribution >= 4 is 17.0 Å². The van der Waals surface area contributed by atoms with Crippen LogP contribution in [-0.4, -0.2) is 83.2 Å². The highest BCUT2D eigenvalue weighted by Crippen LogP contribution is 2.32.